The fourth-order valence-electron chi connectivity index (χ4n) is 2.96. The molecule has 1 heterocycles. The summed E-state index contributed by atoms with van der Waals surface area (Å²) in [7, 11) is -1.82. The maximum atomic E-state index is 12.9. The van der Waals surface area contributed by atoms with E-state index in [9.17, 15) is 8.42 Å². The van der Waals surface area contributed by atoms with Crippen molar-refractivity contribution in [3.05, 3.63) is 23.3 Å². The van der Waals surface area contributed by atoms with Gasteiger partial charge in [0, 0.05) is 25.9 Å². The van der Waals surface area contributed by atoms with Gasteiger partial charge in [0.15, 0.2) is 0 Å². The second-order valence-corrected chi connectivity index (χ2v) is 7.43. The van der Waals surface area contributed by atoms with Crippen molar-refractivity contribution < 1.29 is 13.2 Å². The first-order valence-electron chi connectivity index (χ1n) is 6.97. The number of hydrogen-bond acceptors (Lipinski definition) is 5. The van der Waals surface area contributed by atoms with Crippen LogP contribution in [0, 0.1) is 19.8 Å². The summed E-state index contributed by atoms with van der Waals surface area (Å²) in [5.41, 5.74) is 4.68. The van der Waals surface area contributed by atoms with E-state index < -0.39 is 10.0 Å². The molecule has 6 nitrogen and oxygen atoms in total. The molecule has 1 aromatic rings. The topological polar surface area (TPSA) is 84.7 Å². The number of benzene rings is 1. The predicted molar refractivity (Wildman–Crippen MR) is 82.5 cm³/mol. The molecule has 118 valence electrons. The van der Waals surface area contributed by atoms with Crippen LogP contribution in [0.25, 0.3) is 0 Å². The first kappa shape index (κ1) is 16.2. The van der Waals surface area contributed by atoms with Crippen molar-refractivity contribution in [2.24, 2.45) is 11.8 Å². The largest absolute Gasteiger partial charge is 0.384 e. The van der Waals surface area contributed by atoms with E-state index >= 15 is 0 Å². The van der Waals surface area contributed by atoms with Crippen LogP contribution in [-0.2, 0) is 14.8 Å². The van der Waals surface area contributed by atoms with Crippen molar-refractivity contribution in [2.45, 2.75) is 25.2 Å². The maximum Gasteiger partial charge on any atom is 0.243 e. The minimum atomic E-state index is -3.47. The third kappa shape index (κ3) is 3.21. The third-order valence-corrected chi connectivity index (χ3v) is 6.05. The van der Waals surface area contributed by atoms with Crippen LogP contribution < -0.4 is 11.3 Å². The summed E-state index contributed by atoms with van der Waals surface area (Å²) in [6.07, 6.45) is 0.841. The molecule has 3 N–H and O–H groups in total. The molecule has 0 saturated carbocycles. The molecule has 1 aliphatic rings. The number of anilines is 1. The highest BCUT2D eigenvalue weighted by molar-refractivity contribution is 7.89. The van der Waals surface area contributed by atoms with E-state index in [1.54, 1.807) is 37.4 Å². The van der Waals surface area contributed by atoms with Gasteiger partial charge >= 0.3 is 0 Å². The molecule has 0 amide bonds. The van der Waals surface area contributed by atoms with Gasteiger partial charge in [0.05, 0.1) is 11.5 Å². The summed E-state index contributed by atoms with van der Waals surface area (Å²) in [5.74, 6) is 5.67. The van der Waals surface area contributed by atoms with Gasteiger partial charge in [0.1, 0.15) is 0 Å². The van der Waals surface area contributed by atoms with Crippen molar-refractivity contribution >= 4 is 15.7 Å². The zero-order valence-electron chi connectivity index (χ0n) is 12.7. The van der Waals surface area contributed by atoms with E-state index in [2.05, 4.69) is 5.43 Å². The Morgan fingerprint density at radius 3 is 2.52 bits per heavy atom. The van der Waals surface area contributed by atoms with Crippen LogP contribution in [0.1, 0.15) is 17.5 Å². The Balaban J connectivity index is 2.33. The number of nitrogens with two attached hydrogens (primary N) is 1. The minimum absolute atomic E-state index is 0.273. The molecule has 2 rings (SSSR count). The molecule has 1 fully saturated rings. The number of methoxy groups -OCH3 is 1. The molecule has 1 aliphatic heterocycles. The molecule has 1 saturated heterocycles. The number of rotatable bonds is 5. The zero-order valence-corrected chi connectivity index (χ0v) is 13.5. The standard InChI is InChI=1S/C14H23N3O3S/c1-10-6-13(16-15)7-11(2)14(10)21(18,19)17-5-4-12(8-17)9-20-3/h6-7,12,16H,4-5,8-9,15H2,1-3H3. The fourth-order valence-corrected chi connectivity index (χ4v) is 4.90. The lowest BCUT2D eigenvalue weighted by Gasteiger charge is -2.20. The Bertz CT molecular complexity index is 593. The van der Waals surface area contributed by atoms with Crippen molar-refractivity contribution in [1.29, 1.82) is 0 Å². The minimum Gasteiger partial charge on any atom is -0.384 e. The van der Waals surface area contributed by atoms with E-state index in [0.29, 0.717) is 41.4 Å². The third-order valence-electron chi connectivity index (χ3n) is 3.88. The van der Waals surface area contributed by atoms with Crippen LogP contribution in [0.5, 0.6) is 0 Å². The summed E-state index contributed by atoms with van der Waals surface area (Å²) >= 11 is 0. The molecule has 0 aliphatic carbocycles. The van der Waals surface area contributed by atoms with Crippen molar-refractivity contribution in [3.63, 3.8) is 0 Å². The summed E-state index contributed by atoms with van der Waals surface area (Å²) in [5, 5.41) is 0. The van der Waals surface area contributed by atoms with Crippen LogP contribution in [0.15, 0.2) is 17.0 Å². The Labute approximate surface area is 126 Å². The average Bonchev–Trinajstić information content (AvgIpc) is 2.87. The number of nitrogens with zero attached hydrogens (tertiary/aromatic N) is 1. The number of nitrogen functional groups attached to an aromatic ring is 1. The van der Waals surface area contributed by atoms with E-state index in [4.69, 9.17) is 10.6 Å². The smallest absolute Gasteiger partial charge is 0.243 e. The molecule has 0 radical (unpaired) electrons. The quantitative estimate of drug-likeness (QED) is 0.631. The van der Waals surface area contributed by atoms with Crippen molar-refractivity contribution in [2.75, 3.05) is 32.2 Å². The fraction of sp³-hybridized carbons (Fsp3) is 0.571. The molecule has 0 aromatic heterocycles. The van der Waals surface area contributed by atoms with Gasteiger partial charge in [-0.2, -0.15) is 4.31 Å². The summed E-state index contributed by atoms with van der Waals surface area (Å²) in [4.78, 5) is 0.388. The number of sulfonamides is 1. The number of ether oxygens (including phenoxy) is 1. The number of hydrogen-bond donors (Lipinski definition) is 2. The van der Waals surface area contributed by atoms with Crippen LogP contribution in [0.2, 0.25) is 0 Å². The molecule has 0 spiro atoms. The van der Waals surface area contributed by atoms with Gasteiger partial charge in [-0.1, -0.05) is 0 Å². The van der Waals surface area contributed by atoms with Crippen molar-refractivity contribution in [3.8, 4) is 0 Å². The zero-order chi connectivity index (χ0) is 15.6. The van der Waals surface area contributed by atoms with E-state index in [1.807, 2.05) is 0 Å². The Morgan fingerprint density at radius 2 is 2.00 bits per heavy atom. The maximum absolute atomic E-state index is 12.9. The van der Waals surface area contributed by atoms with Crippen molar-refractivity contribution in [1.82, 2.24) is 4.31 Å². The van der Waals surface area contributed by atoms with Crippen LogP contribution in [0.3, 0.4) is 0 Å². The van der Waals surface area contributed by atoms with Gasteiger partial charge in [0.2, 0.25) is 10.0 Å². The van der Waals surface area contributed by atoms with E-state index in [0.717, 1.165) is 6.42 Å². The molecule has 0 bridgehead atoms. The SMILES string of the molecule is COCC1CCN(S(=O)(=O)c2c(C)cc(NN)cc2C)C1. The highest BCUT2D eigenvalue weighted by Gasteiger charge is 2.34. The lowest BCUT2D eigenvalue weighted by molar-refractivity contribution is 0.157. The summed E-state index contributed by atoms with van der Waals surface area (Å²) in [6, 6.07) is 3.51. The molecule has 1 atom stereocenters. The van der Waals surface area contributed by atoms with Gasteiger partial charge in [-0.15, -0.1) is 0 Å². The second kappa shape index (κ2) is 6.31. The second-order valence-electron chi connectivity index (χ2n) is 5.56. The molecule has 1 unspecified atom stereocenters. The first-order valence-corrected chi connectivity index (χ1v) is 8.41. The molecule has 7 heteroatoms. The molecular weight excluding hydrogens is 290 g/mol. The Morgan fingerprint density at radius 1 is 1.38 bits per heavy atom. The number of nitrogens with one attached hydrogen (secondary N) is 1. The van der Waals surface area contributed by atoms with Crippen LogP contribution >= 0.6 is 0 Å². The van der Waals surface area contributed by atoms with Gasteiger partial charge in [-0.05, 0) is 49.4 Å². The average molecular weight is 313 g/mol. The first-order chi connectivity index (χ1) is 9.90. The predicted octanol–water partition coefficient (Wildman–Crippen LogP) is 1.25. The number of hydrazine groups is 1. The number of aryl methyl sites for hydroxylation is 2. The highest BCUT2D eigenvalue weighted by Crippen LogP contribution is 2.30. The van der Waals surface area contributed by atoms with E-state index in [-0.39, 0.29) is 5.92 Å². The van der Waals surface area contributed by atoms with Crippen LogP contribution in [-0.4, -0.2) is 39.5 Å². The summed E-state index contributed by atoms with van der Waals surface area (Å²) in [6.45, 7) is 5.25. The monoisotopic (exact) mass is 313 g/mol. The Hall–Kier alpha value is -1.15. The molecular formula is C14H23N3O3S. The lowest BCUT2D eigenvalue weighted by atomic mass is 10.1. The van der Waals surface area contributed by atoms with Gasteiger partial charge < -0.3 is 10.2 Å². The van der Waals surface area contributed by atoms with E-state index in [1.165, 1.54) is 0 Å². The normalized spacial score (nSPS) is 19.9. The Kier molecular flexibility index (Phi) is 4.88. The van der Waals surface area contributed by atoms with Gasteiger partial charge in [-0.3, -0.25) is 5.84 Å². The van der Waals surface area contributed by atoms with Gasteiger partial charge in [0.25, 0.3) is 0 Å². The summed E-state index contributed by atoms with van der Waals surface area (Å²) < 4.78 is 32.4. The highest BCUT2D eigenvalue weighted by atomic mass is 32.2. The van der Waals surface area contributed by atoms with Crippen LogP contribution in [0.4, 0.5) is 5.69 Å². The molecule has 1 aromatic carbocycles. The lowest BCUT2D eigenvalue weighted by Crippen LogP contribution is -2.30. The van der Waals surface area contributed by atoms with Gasteiger partial charge in [-0.25, -0.2) is 8.42 Å². The molecule has 21 heavy (non-hydrogen) atoms.